The van der Waals surface area contributed by atoms with Crippen molar-refractivity contribution >= 4 is 0 Å². The van der Waals surface area contributed by atoms with Crippen LogP contribution in [0.3, 0.4) is 0 Å². The van der Waals surface area contributed by atoms with Crippen LogP contribution in [0.1, 0.15) is 55.1 Å². The minimum Gasteiger partial charge on any atom is -0.289 e. The first kappa shape index (κ1) is 8.05. The molecule has 1 spiro atoms. The number of rotatable bonds is 2. The van der Waals surface area contributed by atoms with Crippen molar-refractivity contribution in [2.45, 2.75) is 69.6 Å². The van der Waals surface area contributed by atoms with Gasteiger partial charge in [-0.15, -0.1) is 0 Å². The number of fused-ring (bicyclic) bond motifs is 2. The summed E-state index contributed by atoms with van der Waals surface area (Å²) in [4.78, 5) is 2.23. The second-order valence-corrected chi connectivity index (χ2v) is 5.86. The van der Waals surface area contributed by atoms with Crippen molar-refractivity contribution in [2.24, 2.45) is 5.92 Å². The molecule has 2 atom stereocenters. The fraction of sp³-hybridized carbons (Fsp3) is 1.00. The van der Waals surface area contributed by atoms with E-state index in [1.807, 2.05) is 13.8 Å². The van der Waals surface area contributed by atoms with E-state index in [-0.39, 0.29) is 11.5 Å². The minimum atomic E-state index is -1.28. The summed E-state index contributed by atoms with van der Waals surface area (Å²) in [5, 5.41) is 0. The Hall–Kier alpha value is -0.110. The van der Waals surface area contributed by atoms with Crippen LogP contribution in [-0.4, -0.2) is 28.7 Å². The molecule has 0 aromatic heterocycles. The zero-order valence-corrected chi connectivity index (χ0v) is 9.72. The van der Waals surface area contributed by atoms with Gasteiger partial charge in [0.1, 0.15) is 6.17 Å². The maximum Gasteiger partial charge on any atom is 0.120 e. The summed E-state index contributed by atoms with van der Waals surface area (Å²) in [6.07, 6.45) is 2.06. The van der Waals surface area contributed by atoms with Crippen LogP contribution in [0.5, 0.6) is 0 Å². The van der Waals surface area contributed by atoms with Gasteiger partial charge in [0.2, 0.25) is 0 Å². The van der Waals surface area contributed by atoms with Crippen molar-refractivity contribution in [3.05, 3.63) is 0 Å². The quantitative estimate of drug-likeness (QED) is 0.681. The first-order valence-electron chi connectivity index (χ1n) is 7.29. The Morgan fingerprint density at radius 1 is 1.47 bits per heavy atom. The van der Waals surface area contributed by atoms with E-state index in [9.17, 15) is 4.39 Å². The van der Waals surface area contributed by atoms with Crippen LogP contribution in [0.4, 0.5) is 4.39 Å². The van der Waals surface area contributed by atoms with Crippen LogP contribution < -0.4 is 0 Å². The zero-order chi connectivity index (χ0) is 12.5. The van der Waals surface area contributed by atoms with Crippen LogP contribution in [-0.2, 0) is 0 Å². The van der Waals surface area contributed by atoms with Crippen LogP contribution in [0.25, 0.3) is 0 Å². The third kappa shape index (κ3) is 1.23. The molecule has 2 aliphatic heterocycles. The predicted octanol–water partition coefficient (Wildman–Crippen LogP) is 3.14. The maximum absolute atomic E-state index is 14.3. The van der Waals surface area contributed by atoms with E-state index in [1.165, 1.54) is 0 Å². The molecule has 0 amide bonds. The second-order valence-electron chi connectivity index (χ2n) is 5.86. The maximum atomic E-state index is 14.3. The molecule has 2 saturated heterocycles. The minimum absolute atomic E-state index is 0.0517. The highest BCUT2D eigenvalue weighted by molar-refractivity contribution is 5.22. The Balaban J connectivity index is 2.01. The first-order valence-corrected chi connectivity index (χ1v) is 6.29. The first-order chi connectivity index (χ1) is 7.87. The Labute approximate surface area is 94.8 Å². The van der Waals surface area contributed by atoms with Gasteiger partial charge in [-0.3, -0.25) is 4.90 Å². The average molecular weight is 213 g/mol. The highest BCUT2D eigenvalue weighted by atomic mass is 19.1. The van der Waals surface area contributed by atoms with E-state index in [2.05, 4.69) is 4.90 Å². The lowest BCUT2D eigenvalue weighted by molar-refractivity contribution is 0.106. The number of hydrogen-bond donors (Lipinski definition) is 0. The van der Waals surface area contributed by atoms with Gasteiger partial charge in [0, 0.05) is 8.28 Å². The molecule has 3 rings (SSSR count). The SMILES string of the molecule is [2H]C([2H])(C(C)C)[C@@]12CCCN1C1(CC1)[C@H](F)C2. The molecule has 0 bridgehead atoms. The van der Waals surface area contributed by atoms with Gasteiger partial charge in [0.05, 0.1) is 5.54 Å². The molecule has 0 aromatic carbocycles. The van der Waals surface area contributed by atoms with Gasteiger partial charge in [-0.25, -0.2) is 4.39 Å². The van der Waals surface area contributed by atoms with E-state index < -0.39 is 18.1 Å². The molecule has 0 N–H and O–H groups in total. The summed E-state index contributed by atoms with van der Waals surface area (Å²) in [6, 6.07) is 0. The number of alkyl halides is 1. The smallest absolute Gasteiger partial charge is 0.120 e. The van der Waals surface area contributed by atoms with Gasteiger partial charge < -0.3 is 0 Å². The molecule has 0 aromatic rings. The van der Waals surface area contributed by atoms with Crippen LogP contribution in [0.2, 0.25) is 0 Å². The Morgan fingerprint density at radius 2 is 2.20 bits per heavy atom. The summed E-state index contributed by atoms with van der Waals surface area (Å²) in [5.74, 6) is -0.0517. The van der Waals surface area contributed by atoms with Crippen molar-refractivity contribution < 1.29 is 7.13 Å². The molecule has 0 radical (unpaired) electrons. The standard InChI is InChI=1S/C13H22FN/c1-10(2)8-12-4-3-7-15(12)13(5-6-13)11(14)9-12/h10-11H,3-9H2,1-2H3/t11-,12-/m1/s1/i8D2. The Morgan fingerprint density at radius 3 is 2.80 bits per heavy atom. The van der Waals surface area contributed by atoms with E-state index >= 15 is 0 Å². The number of nitrogens with zero attached hydrogens (tertiary/aromatic N) is 1. The molecule has 0 unspecified atom stereocenters. The molecule has 1 nitrogen and oxygen atoms in total. The van der Waals surface area contributed by atoms with Gasteiger partial charge in [-0.1, -0.05) is 13.8 Å². The monoisotopic (exact) mass is 213 g/mol. The second kappa shape index (κ2) is 2.97. The van der Waals surface area contributed by atoms with Crippen LogP contribution in [0, 0.1) is 5.92 Å². The molecular formula is C13H22FN. The topological polar surface area (TPSA) is 3.24 Å². The lowest BCUT2D eigenvalue weighted by Crippen LogP contribution is -2.45. The summed E-state index contributed by atoms with van der Waals surface area (Å²) < 4.78 is 31.2. The van der Waals surface area contributed by atoms with Crippen LogP contribution in [0.15, 0.2) is 0 Å². The highest BCUT2D eigenvalue weighted by Gasteiger charge is 2.67. The van der Waals surface area contributed by atoms with Crippen molar-refractivity contribution in [3.63, 3.8) is 0 Å². The molecule has 2 heteroatoms. The van der Waals surface area contributed by atoms with Gasteiger partial charge in [-0.05, 0) is 50.9 Å². The van der Waals surface area contributed by atoms with Gasteiger partial charge in [-0.2, -0.15) is 0 Å². The largest absolute Gasteiger partial charge is 0.289 e. The number of halogens is 1. The third-order valence-corrected chi connectivity index (χ3v) is 4.45. The van der Waals surface area contributed by atoms with E-state index in [1.54, 1.807) is 0 Å². The molecule has 2 heterocycles. The molecule has 3 aliphatic rings. The zero-order valence-electron chi connectivity index (χ0n) is 11.7. The lowest BCUT2D eigenvalue weighted by Gasteiger charge is -2.36. The van der Waals surface area contributed by atoms with E-state index in [0.717, 1.165) is 32.2 Å². The molecule has 3 fully saturated rings. The van der Waals surface area contributed by atoms with E-state index in [4.69, 9.17) is 2.74 Å². The summed E-state index contributed by atoms with van der Waals surface area (Å²) in [5.41, 5.74) is -0.782. The third-order valence-electron chi connectivity index (χ3n) is 4.45. The fourth-order valence-electron chi connectivity index (χ4n) is 3.85. The lowest BCUT2D eigenvalue weighted by atomic mass is 9.85. The van der Waals surface area contributed by atoms with Gasteiger partial charge in [0.25, 0.3) is 0 Å². The summed E-state index contributed by atoms with van der Waals surface area (Å²) in [6.45, 7) is 4.75. The molecule has 86 valence electrons. The van der Waals surface area contributed by atoms with Gasteiger partial charge >= 0.3 is 0 Å². The molecule has 1 saturated carbocycles. The normalized spacial score (nSPS) is 45.7. The average Bonchev–Trinajstić information content (AvgIpc) is 2.88. The molecule has 15 heavy (non-hydrogen) atoms. The van der Waals surface area contributed by atoms with Crippen LogP contribution >= 0.6 is 0 Å². The summed E-state index contributed by atoms with van der Waals surface area (Å²) >= 11 is 0. The Bertz CT molecular complexity index is 340. The van der Waals surface area contributed by atoms with Crippen molar-refractivity contribution in [2.75, 3.05) is 6.54 Å². The fourth-order valence-corrected chi connectivity index (χ4v) is 3.85. The highest BCUT2D eigenvalue weighted by Crippen LogP contribution is 2.61. The Kier molecular flexibility index (Phi) is 1.59. The van der Waals surface area contributed by atoms with Crippen molar-refractivity contribution in [1.82, 2.24) is 4.90 Å². The van der Waals surface area contributed by atoms with Gasteiger partial charge in [0.15, 0.2) is 0 Å². The molecule has 1 aliphatic carbocycles. The predicted molar refractivity (Wildman–Crippen MR) is 59.6 cm³/mol. The molecular weight excluding hydrogens is 189 g/mol. The summed E-state index contributed by atoms with van der Waals surface area (Å²) in [7, 11) is 0. The van der Waals surface area contributed by atoms with Crippen molar-refractivity contribution in [3.8, 4) is 0 Å². The van der Waals surface area contributed by atoms with Crippen molar-refractivity contribution in [1.29, 1.82) is 0 Å². The number of hydrogen-bond acceptors (Lipinski definition) is 1. The van der Waals surface area contributed by atoms with E-state index in [0.29, 0.717) is 6.42 Å².